The molecule has 1 heteroatoms. The first-order valence-electron chi connectivity index (χ1n) is 12.5. The molecular weight excluding hydrogens is 340 g/mol. The van der Waals surface area contributed by atoms with Gasteiger partial charge in [-0.2, -0.15) is 0 Å². The van der Waals surface area contributed by atoms with Gasteiger partial charge in [-0.3, -0.25) is 0 Å². The number of unbranched alkanes of at least 4 members (excludes halogenated alkanes) is 2. The van der Waals surface area contributed by atoms with Crippen LogP contribution >= 0.6 is 0 Å². The summed E-state index contributed by atoms with van der Waals surface area (Å²) in [7, 11) is 0. The van der Waals surface area contributed by atoms with E-state index in [0.29, 0.717) is 0 Å². The molecule has 0 heterocycles. The van der Waals surface area contributed by atoms with Crippen LogP contribution in [0.1, 0.15) is 103 Å². The van der Waals surface area contributed by atoms with E-state index in [1.165, 1.54) is 95.5 Å². The Labute approximate surface area is 174 Å². The quantitative estimate of drug-likeness (QED) is 0.369. The second-order valence-corrected chi connectivity index (χ2v) is 9.67. The van der Waals surface area contributed by atoms with Crippen LogP contribution in [0, 0.1) is 23.7 Å². The Balaban J connectivity index is 1.31. The van der Waals surface area contributed by atoms with Gasteiger partial charge in [-0.15, -0.1) is 0 Å². The predicted molar refractivity (Wildman–Crippen MR) is 121 cm³/mol. The average Bonchev–Trinajstić information content (AvgIpc) is 2.75. The molecule has 0 saturated heterocycles. The van der Waals surface area contributed by atoms with Gasteiger partial charge in [0.05, 0.1) is 6.61 Å². The normalized spacial score (nSPS) is 28.2. The van der Waals surface area contributed by atoms with Gasteiger partial charge in [-0.1, -0.05) is 70.4 Å². The molecular formula is C27H44O. The van der Waals surface area contributed by atoms with Gasteiger partial charge in [0.1, 0.15) is 5.75 Å². The maximum absolute atomic E-state index is 5.56. The highest BCUT2D eigenvalue weighted by molar-refractivity contribution is 5.27. The molecule has 0 atom stereocenters. The van der Waals surface area contributed by atoms with E-state index in [2.05, 4.69) is 31.2 Å². The largest absolute Gasteiger partial charge is 0.494 e. The smallest absolute Gasteiger partial charge is 0.119 e. The van der Waals surface area contributed by atoms with Gasteiger partial charge in [0.25, 0.3) is 0 Å². The maximum Gasteiger partial charge on any atom is 0.119 e. The van der Waals surface area contributed by atoms with Gasteiger partial charge in [0, 0.05) is 0 Å². The van der Waals surface area contributed by atoms with Crippen LogP contribution in [0.3, 0.4) is 0 Å². The fourth-order valence-electron chi connectivity index (χ4n) is 5.87. The molecule has 0 aromatic heterocycles. The molecule has 0 amide bonds. The van der Waals surface area contributed by atoms with Crippen molar-refractivity contribution >= 4 is 0 Å². The molecule has 2 saturated carbocycles. The lowest BCUT2D eigenvalue weighted by Crippen LogP contribution is -2.26. The van der Waals surface area contributed by atoms with Crippen LogP contribution in [-0.2, 0) is 6.42 Å². The van der Waals surface area contributed by atoms with Crippen LogP contribution < -0.4 is 4.74 Å². The molecule has 1 aromatic carbocycles. The Kier molecular flexibility index (Phi) is 9.22. The van der Waals surface area contributed by atoms with Crippen LogP contribution in [-0.4, -0.2) is 6.61 Å². The van der Waals surface area contributed by atoms with Gasteiger partial charge in [-0.05, 0) is 86.8 Å². The molecule has 1 aromatic rings. The third-order valence-corrected chi connectivity index (χ3v) is 7.74. The molecule has 0 unspecified atom stereocenters. The molecule has 3 rings (SSSR count). The number of hydrogen-bond donors (Lipinski definition) is 0. The lowest BCUT2D eigenvalue weighted by molar-refractivity contribution is 0.140. The first kappa shape index (κ1) is 21.7. The van der Waals surface area contributed by atoms with Gasteiger partial charge >= 0.3 is 0 Å². The summed E-state index contributed by atoms with van der Waals surface area (Å²) in [5.74, 6) is 5.15. The van der Waals surface area contributed by atoms with Crippen molar-refractivity contribution in [2.45, 2.75) is 104 Å². The van der Waals surface area contributed by atoms with Crippen molar-refractivity contribution in [1.82, 2.24) is 0 Å². The molecule has 2 aliphatic carbocycles. The van der Waals surface area contributed by atoms with E-state index in [9.17, 15) is 0 Å². The van der Waals surface area contributed by atoms with Crippen molar-refractivity contribution in [3.05, 3.63) is 29.8 Å². The first-order chi connectivity index (χ1) is 13.8. The summed E-state index contributed by atoms with van der Waals surface area (Å²) >= 11 is 0. The summed E-state index contributed by atoms with van der Waals surface area (Å²) in [6.07, 6.45) is 20.6. The molecule has 1 nitrogen and oxygen atoms in total. The molecule has 2 aliphatic rings. The number of rotatable bonds is 10. The SMILES string of the molecule is CCCCC[C@H]1CC[C@H]([C@H]2CC[C@H](CCc3ccc(OCC)cc3)CC2)CC1. The molecule has 0 bridgehead atoms. The Bertz CT molecular complexity index is 518. The molecule has 28 heavy (non-hydrogen) atoms. The minimum Gasteiger partial charge on any atom is -0.494 e. The zero-order chi connectivity index (χ0) is 19.6. The molecule has 158 valence electrons. The maximum atomic E-state index is 5.56. The highest BCUT2D eigenvalue weighted by atomic mass is 16.5. The van der Waals surface area contributed by atoms with Gasteiger partial charge < -0.3 is 4.74 Å². The summed E-state index contributed by atoms with van der Waals surface area (Å²) in [6, 6.07) is 8.79. The Morgan fingerprint density at radius 3 is 1.82 bits per heavy atom. The lowest BCUT2D eigenvalue weighted by atomic mass is 9.68. The van der Waals surface area contributed by atoms with Crippen LogP contribution in [0.4, 0.5) is 0 Å². The van der Waals surface area contributed by atoms with Crippen LogP contribution in [0.25, 0.3) is 0 Å². The molecule has 2 fully saturated rings. The standard InChI is InChI=1S/C27H44O/c1-3-5-6-7-22-10-16-25(17-11-22)26-18-12-23(13-19-26)8-9-24-14-20-27(21-15-24)28-4-2/h14-15,20-23,25-26H,3-13,16-19H2,1-2H3/t22-,23-,25-,26-. The Morgan fingerprint density at radius 1 is 0.714 bits per heavy atom. The van der Waals surface area contributed by atoms with Crippen molar-refractivity contribution in [2.75, 3.05) is 6.61 Å². The van der Waals surface area contributed by atoms with E-state index >= 15 is 0 Å². The fraction of sp³-hybridized carbons (Fsp3) is 0.778. The summed E-state index contributed by atoms with van der Waals surface area (Å²) in [4.78, 5) is 0. The van der Waals surface area contributed by atoms with Crippen molar-refractivity contribution in [3.8, 4) is 5.75 Å². The van der Waals surface area contributed by atoms with Gasteiger partial charge in [-0.25, -0.2) is 0 Å². The van der Waals surface area contributed by atoms with E-state index in [1.54, 1.807) is 0 Å². The first-order valence-corrected chi connectivity index (χ1v) is 12.5. The minimum atomic E-state index is 0.753. The number of ether oxygens (including phenoxy) is 1. The van der Waals surface area contributed by atoms with Crippen LogP contribution in [0.2, 0.25) is 0 Å². The van der Waals surface area contributed by atoms with E-state index < -0.39 is 0 Å². The van der Waals surface area contributed by atoms with Gasteiger partial charge in [0.15, 0.2) is 0 Å². The predicted octanol–water partition coefficient (Wildman–Crippen LogP) is 8.21. The van der Waals surface area contributed by atoms with Crippen LogP contribution in [0.5, 0.6) is 5.75 Å². The van der Waals surface area contributed by atoms with E-state index in [0.717, 1.165) is 36.0 Å². The highest BCUT2D eigenvalue weighted by Gasteiger charge is 2.30. The monoisotopic (exact) mass is 384 g/mol. The Morgan fingerprint density at radius 2 is 1.29 bits per heavy atom. The summed E-state index contributed by atoms with van der Waals surface area (Å²) in [6.45, 7) is 5.12. The summed E-state index contributed by atoms with van der Waals surface area (Å²) < 4.78 is 5.56. The molecule has 0 N–H and O–H groups in total. The summed E-state index contributed by atoms with van der Waals surface area (Å²) in [5.41, 5.74) is 1.48. The second kappa shape index (κ2) is 11.9. The number of benzene rings is 1. The van der Waals surface area contributed by atoms with E-state index in [-0.39, 0.29) is 0 Å². The van der Waals surface area contributed by atoms with Crippen LogP contribution in [0.15, 0.2) is 24.3 Å². The fourth-order valence-corrected chi connectivity index (χ4v) is 5.87. The number of aryl methyl sites for hydroxylation is 1. The van der Waals surface area contributed by atoms with E-state index in [1.807, 2.05) is 6.92 Å². The molecule has 0 radical (unpaired) electrons. The zero-order valence-corrected chi connectivity index (χ0v) is 18.6. The number of hydrogen-bond acceptors (Lipinski definition) is 1. The van der Waals surface area contributed by atoms with Crippen molar-refractivity contribution in [1.29, 1.82) is 0 Å². The topological polar surface area (TPSA) is 9.23 Å². The second-order valence-electron chi connectivity index (χ2n) is 9.67. The third-order valence-electron chi connectivity index (χ3n) is 7.74. The average molecular weight is 385 g/mol. The third kappa shape index (κ3) is 6.82. The van der Waals surface area contributed by atoms with Crippen molar-refractivity contribution in [3.63, 3.8) is 0 Å². The van der Waals surface area contributed by atoms with Gasteiger partial charge in [0.2, 0.25) is 0 Å². The van der Waals surface area contributed by atoms with E-state index in [4.69, 9.17) is 4.74 Å². The molecule has 0 aliphatic heterocycles. The lowest BCUT2D eigenvalue weighted by Gasteiger charge is -2.38. The highest BCUT2D eigenvalue weighted by Crippen LogP contribution is 2.43. The van der Waals surface area contributed by atoms with Crippen molar-refractivity contribution in [2.24, 2.45) is 23.7 Å². The molecule has 0 spiro atoms. The summed E-state index contributed by atoms with van der Waals surface area (Å²) in [5, 5.41) is 0. The zero-order valence-electron chi connectivity index (χ0n) is 18.6. The minimum absolute atomic E-state index is 0.753. The van der Waals surface area contributed by atoms with Crippen molar-refractivity contribution < 1.29 is 4.74 Å². The Hall–Kier alpha value is -0.980.